The average molecular weight is 512 g/mol. The Hall–Kier alpha value is -3.82. The summed E-state index contributed by atoms with van der Waals surface area (Å²) in [6.07, 6.45) is 0. The molecule has 1 aliphatic heterocycles. The quantitative estimate of drug-likeness (QED) is 0.414. The van der Waals surface area contributed by atoms with Crippen molar-refractivity contribution in [2.24, 2.45) is 0 Å². The van der Waals surface area contributed by atoms with Gasteiger partial charge in [0, 0.05) is 41.7 Å². The Bertz CT molecular complexity index is 1360. The largest absolute Gasteiger partial charge is 0.394 e. The molecule has 0 radical (unpaired) electrons. The first-order valence-electron chi connectivity index (χ1n) is 11.2. The van der Waals surface area contributed by atoms with Crippen LogP contribution in [-0.4, -0.2) is 58.5 Å². The monoisotopic (exact) mass is 511 g/mol. The molecule has 7 nitrogen and oxygen atoms in total. The summed E-state index contributed by atoms with van der Waals surface area (Å²) in [5, 5.41) is 23.5. The Morgan fingerprint density at radius 1 is 0.917 bits per heavy atom. The van der Waals surface area contributed by atoms with Crippen LogP contribution in [0.1, 0.15) is 0 Å². The second kappa shape index (κ2) is 10.8. The van der Waals surface area contributed by atoms with Crippen LogP contribution in [0.4, 0.5) is 25.1 Å². The van der Waals surface area contributed by atoms with Crippen LogP contribution in [0.5, 0.6) is 0 Å². The molecule has 1 aromatic heterocycles. The summed E-state index contributed by atoms with van der Waals surface area (Å²) in [5.74, 6) is -0.0499. The van der Waals surface area contributed by atoms with Crippen molar-refractivity contribution in [3.05, 3.63) is 84.4 Å². The highest BCUT2D eigenvalue weighted by atomic mass is 35.5. The molecule has 36 heavy (non-hydrogen) atoms. The number of hydrogen-bond donors (Lipinski definition) is 2. The van der Waals surface area contributed by atoms with Gasteiger partial charge in [0.15, 0.2) is 5.82 Å². The van der Waals surface area contributed by atoms with Crippen molar-refractivity contribution in [1.82, 2.24) is 15.1 Å². The van der Waals surface area contributed by atoms with Gasteiger partial charge in [-0.25, -0.2) is 13.6 Å². The molecule has 1 saturated heterocycles. The molecular weight excluding hydrogens is 488 g/mol. The third kappa shape index (κ3) is 5.07. The molecule has 1 aliphatic rings. The van der Waals surface area contributed by atoms with E-state index in [1.54, 1.807) is 17.0 Å². The molecule has 1 fully saturated rings. The fraction of sp³-hybridized carbons (Fsp3) is 0.192. The number of aliphatic hydroxyl groups is 1. The minimum atomic E-state index is -0.471. The molecule has 5 rings (SSSR count). The molecule has 186 valence electrons. The number of aliphatic hydroxyl groups excluding tert-OH is 1. The molecule has 4 aromatic rings. The lowest BCUT2D eigenvalue weighted by molar-refractivity contribution is 0.132. The van der Waals surface area contributed by atoms with E-state index in [9.17, 15) is 18.7 Å². The fourth-order valence-corrected chi connectivity index (χ4v) is 4.34. The lowest BCUT2D eigenvalue weighted by Crippen LogP contribution is -2.58. The number of benzene rings is 3. The van der Waals surface area contributed by atoms with Crippen molar-refractivity contribution in [1.29, 1.82) is 0 Å². The molecule has 0 unspecified atom stereocenters. The molecule has 0 spiro atoms. The number of carbonyl (C=O) groups excluding carboxylic acids is 1. The van der Waals surface area contributed by atoms with E-state index in [0.29, 0.717) is 36.8 Å². The van der Waals surface area contributed by atoms with E-state index in [4.69, 9.17) is 0 Å². The Balaban J connectivity index is 0.00000304. The van der Waals surface area contributed by atoms with Gasteiger partial charge in [-0.2, -0.15) is 0 Å². The molecule has 1 atom stereocenters. The van der Waals surface area contributed by atoms with E-state index in [2.05, 4.69) is 15.5 Å². The van der Waals surface area contributed by atoms with Crippen LogP contribution < -0.4 is 10.2 Å². The summed E-state index contributed by atoms with van der Waals surface area (Å²) in [7, 11) is 0. The van der Waals surface area contributed by atoms with Crippen LogP contribution in [0.2, 0.25) is 0 Å². The maximum atomic E-state index is 13.4. The van der Waals surface area contributed by atoms with Crippen molar-refractivity contribution in [2.75, 3.05) is 36.5 Å². The molecular formula is C26H24ClF2N5O2. The maximum Gasteiger partial charge on any atom is 0.322 e. The molecule has 0 aliphatic carbocycles. The summed E-state index contributed by atoms with van der Waals surface area (Å²) in [4.78, 5) is 16.4. The molecule has 10 heteroatoms. The van der Waals surface area contributed by atoms with Crippen LogP contribution in [-0.2, 0) is 0 Å². The van der Waals surface area contributed by atoms with E-state index in [1.165, 1.54) is 36.4 Å². The first-order chi connectivity index (χ1) is 17.0. The van der Waals surface area contributed by atoms with Gasteiger partial charge in [-0.3, -0.25) is 0 Å². The Kier molecular flexibility index (Phi) is 7.61. The van der Waals surface area contributed by atoms with Gasteiger partial charge in [-0.1, -0.05) is 24.3 Å². The molecule has 2 amide bonds. The second-order valence-corrected chi connectivity index (χ2v) is 8.34. The van der Waals surface area contributed by atoms with Crippen molar-refractivity contribution in [3.63, 3.8) is 0 Å². The van der Waals surface area contributed by atoms with Gasteiger partial charge in [-0.05, 0) is 48.5 Å². The number of urea groups is 1. The van der Waals surface area contributed by atoms with Crippen LogP contribution in [0.3, 0.4) is 0 Å². The molecule has 2 heterocycles. The van der Waals surface area contributed by atoms with Gasteiger partial charge in [0.2, 0.25) is 0 Å². The van der Waals surface area contributed by atoms with Crippen molar-refractivity contribution >= 4 is 40.7 Å². The summed E-state index contributed by atoms with van der Waals surface area (Å²) >= 11 is 0. The smallest absolute Gasteiger partial charge is 0.322 e. The van der Waals surface area contributed by atoms with Crippen LogP contribution in [0, 0.1) is 11.6 Å². The van der Waals surface area contributed by atoms with Gasteiger partial charge in [-0.15, -0.1) is 22.6 Å². The van der Waals surface area contributed by atoms with Gasteiger partial charge in [0.1, 0.15) is 17.3 Å². The number of fused-ring (bicyclic) bond motifs is 1. The summed E-state index contributed by atoms with van der Waals surface area (Å²) in [6, 6.07) is 18.5. The van der Waals surface area contributed by atoms with Gasteiger partial charge >= 0.3 is 6.03 Å². The van der Waals surface area contributed by atoms with Crippen molar-refractivity contribution < 1.29 is 18.7 Å². The minimum absolute atomic E-state index is 0. The zero-order valence-corrected chi connectivity index (χ0v) is 20.0. The normalized spacial score (nSPS) is 15.5. The van der Waals surface area contributed by atoms with Crippen LogP contribution >= 0.6 is 12.4 Å². The highest BCUT2D eigenvalue weighted by Crippen LogP contribution is 2.32. The summed E-state index contributed by atoms with van der Waals surface area (Å²) in [5.41, 5.74) is 1.89. The summed E-state index contributed by atoms with van der Waals surface area (Å²) < 4.78 is 26.6. The SMILES string of the molecule is Cl.O=C(Nc1ccc(F)cc1)N1CCN(c2nnc(-c3ccc(F)cc3)c3ccccc23)C[C@H]1CO. The Morgan fingerprint density at radius 3 is 2.22 bits per heavy atom. The third-order valence-electron chi connectivity index (χ3n) is 6.13. The van der Waals surface area contributed by atoms with E-state index in [0.717, 1.165) is 16.3 Å². The Labute approximate surface area is 212 Å². The van der Waals surface area contributed by atoms with Crippen molar-refractivity contribution in [3.8, 4) is 11.3 Å². The number of aromatic nitrogens is 2. The molecule has 3 aromatic carbocycles. The van der Waals surface area contributed by atoms with Crippen molar-refractivity contribution in [2.45, 2.75) is 6.04 Å². The zero-order chi connectivity index (χ0) is 24.4. The first kappa shape index (κ1) is 25.3. The number of nitrogens with one attached hydrogen (secondary N) is 1. The predicted octanol–water partition coefficient (Wildman–Crippen LogP) is 4.71. The van der Waals surface area contributed by atoms with Gasteiger partial charge < -0.3 is 20.2 Å². The number of nitrogens with zero attached hydrogens (tertiary/aromatic N) is 4. The number of hydrogen-bond acceptors (Lipinski definition) is 5. The third-order valence-corrected chi connectivity index (χ3v) is 6.13. The average Bonchev–Trinajstić information content (AvgIpc) is 2.89. The standard InChI is InChI=1S/C26H23F2N5O2.ClH/c27-18-7-5-17(6-8-18)24-22-3-1-2-4-23(22)25(31-30-24)32-13-14-33(21(15-32)16-34)26(35)29-20-11-9-19(28)10-12-20;/h1-12,21,34H,13-16H2,(H,29,35);1H/t21-;/m0./s1. The fourth-order valence-electron chi connectivity index (χ4n) is 4.34. The highest BCUT2D eigenvalue weighted by Gasteiger charge is 2.31. The number of anilines is 2. The number of carbonyl (C=O) groups is 1. The molecule has 0 saturated carbocycles. The lowest BCUT2D eigenvalue weighted by Gasteiger charge is -2.41. The number of amides is 2. The lowest BCUT2D eigenvalue weighted by atomic mass is 10.0. The van der Waals surface area contributed by atoms with Gasteiger partial charge in [0.25, 0.3) is 0 Å². The summed E-state index contributed by atoms with van der Waals surface area (Å²) in [6.45, 7) is 0.976. The number of rotatable bonds is 4. The van der Waals surface area contributed by atoms with E-state index < -0.39 is 6.04 Å². The van der Waals surface area contributed by atoms with Gasteiger partial charge in [0.05, 0.1) is 12.6 Å². The molecule has 0 bridgehead atoms. The second-order valence-electron chi connectivity index (χ2n) is 8.34. The zero-order valence-electron chi connectivity index (χ0n) is 19.1. The maximum absolute atomic E-state index is 13.4. The number of halogens is 3. The first-order valence-corrected chi connectivity index (χ1v) is 11.2. The Morgan fingerprint density at radius 2 is 1.56 bits per heavy atom. The highest BCUT2D eigenvalue weighted by molar-refractivity contribution is 6.00. The van der Waals surface area contributed by atoms with Crippen LogP contribution in [0.25, 0.3) is 22.0 Å². The van der Waals surface area contributed by atoms with E-state index >= 15 is 0 Å². The number of piperazine rings is 1. The topological polar surface area (TPSA) is 81.6 Å². The predicted molar refractivity (Wildman–Crippen MR) is 137 cm³/mol. The minimum Gasteiger partial charge on any atom is -0.394 e. The van der Waals surface area contributed by atoms with Crippen LogP contribution in [0.15, 0.2) is 72.8 Å². The van der Waals surface area contributed by atoms with E-state index in [1.807, 2.05) is 29.2 Å². The molecule has 2 N–H and O–H groups in total. The van der Waals surface area contributed by atoms with E-state index in [-0.39, 0.29) is 36.7 Å².